The summed E-state index contributed by atoms with van der Waals surface area (Å²) >= 11 is 6.97. The molecule has 90 valence electrons. The summed E-state index contributed by atoms with van der Waals surface area (Å²) in [6.45, 7) is 3.81. The topological polar surface area (TPSA) is 9.23 Å². The van der Waals surface area contributed by atoms with E-state index >= 15 is 0 Å². The zero-order valence-electron chi connectivity index (χ0n) is 9.59. The lowest BCUT2D eigenvalue weighted by atomic mass is 10.1. The standard InChI is InChI=1S/C13H18Br2O/c1-11(6-8-14)7-9-16-10-12-4-2-3-5-13(12)15/h2-5,11H,6-10H2,1H3. The molecule has 1 atom stereocenters. The number of benzene rings is 1. The highest BCUT2D eigenvalue weighted by Crippen LogP contribution is 2.17. The van der Waals surface area contributed by atoms with Crippen molar-refractivity contribution in [2.45, 2.75) is 26.4 Å². The molecule has 0 spiro atoms. The molecule has 16 heavy (non-hydrogen) atoms. The Morgan fingerprint density at radius 1 is 1.25 bits per heavy atom. The van der Waals surface area contributed by atoms with Gasteiger partial charge in [0, 0.05) is 16.4 Å². The summed E-state index contributed by atoms with van der Waals surface area (Å²) in [6.07, 6.45) is 2.36. The van der Waals surface area contributed by atoms with Crippen molar-refractivity contribution < 1.29 is 4.74 Å². The van der Waals surface area contributed by atoms with Crippen LogP contribution in [0, 0.1) is 5.92 Å². The van der Waals surface area contributed by atoms with E-state index in [9.17, 15) is 0 Å². The Bertz CT molecular complexity index is 302. The summed E-state index contributed by atoms with van der Waals surface area (Å²) in [5.41, 5.74) is 1.22. The molecule has 0 radical (unpaired) electrons. The van der Waals surface area contributed by atoms with Crippen molar-refractivity contribution in [2.24, 2.45) is 5.92 Å². The molecular weight excluding hydrogens is 332 g/mol. The molecule has 0 aromatic heterocycles. The quantitative estimate of drug-likeness (QED) is 0.508. The second-order valence-electron chi connectivity index (χ2n) is 4.02. The van der Waals surface area contributed by atoms with Gasteiger partial charge in [-0.05, 0) is 30.4 Å². The average molecular weight is 350 g/mol. The first-order chi connectivity index (χ1) is 7.74. The summed E-state index contributed by atoms with van der Waals surface area (Å²) in [7, 11) is 0. The fraction of sp³-hybridized carbons (Fsp3) is 0.538. The van der Waals surface area contributed by atoms with Gasteiger partial charge in [0.25, 0.3) is 0 Å². The first kappa shape index (κ1) is 14.2. The maximum Gasteiger partial charge on any atom is 0.0727 e. The minimum atomic E-state index is 0.697. The van der Waals surface area contributed by atoms with E-state index < -0.39 is 0 Å². The smallest absolute Gasteiger partial charge is 0.0727 e. The molecule has 1 aromatic rings. The third-order valence-electron chi connectivity index (χ3n) is 2.57. The molecule has 0 N–H and O–H groups in total. The highest BCUT2D eigenvalue weighted by molar-refractivity contribution is 9.10. The third kappa shape index (κ3) is 5.46. The lowest BCUT2D eigenvalue weighted by Gasteiger charge is -2.10. The van der Waals surface area contributed by atoms with Gasteiger partial charge in [0.2, 0.25) is 0 Å². The molecule has 1 aromatic carbocycles. The van der Waals surface area contributed by atoms with Crippen molar-refractivity contribution in [2.75, 3.05) is 11.9 Å². The van der Waals surface area contributed by atoms with Gasteiger partial charge < -0.3 is 4.74 Å². The fourth-order valence-electron chi connectivity index (χ4n) is 1.41. The maximum atomic E-state index is 5.67. The van der Waals surface area contributed by atoms with Crippen LogP contribution >= 0.6 is 31.9 Å². The average Bonchev–Trinajstić information content (AvgIpc) is 2.27. The third-order valence-corrected chi connectivity index (χ3v) is 3.80. The largest absolute Gasteiger partial charge is 0.377 e. The second-order valence-corrected chi connectivity index (χ2v) is 5.66. The lowest BCUT2D eigenvalue weighted by molar-refractivity contribution is 0.108. The minimum Gasteiger partial charge on any atom is -0.377 e. The van der Waals surface area contributed by atoms with Crippen LogP contribution in [0.25, 0.3) is 0 Å². The SMILES string of the molecule is CC(CCBr)CCOCc1ccccc1Br. The predicted octanol–water partition coefficient (Wildman–Crippen LogP) is 4.78. The molecular formula is C13H18Br2O. The Morgan fingerprint density at radius 3 is 2.69 bits per heavy atom. The zero-order chi connectivity index (χ0) is 11.8. The highest BCUT2D eigenvalue weighted by Gasteiger charge is 2.02. The molecule has 0 aliphatic carbocycles. The van der Waals surface area contributed by atoms with Crippen LogP contribution in [0.4, 0.5) is 0 Å². The monoisotopic (exact) mass is 348 g/mol. The number of rotatable bonds is 7. The number of hydrogen-bond acceptors (Lipinski definition) is 1. The van der Waals surface area contributed by atoms with Gasteiger partial charge in [-0.25, -0.2) is 0 Å². The molecule has 0 bridgehead atoms. The van der Waals surface area contributed by atoms with Crippen molar-refractivity contribution in [3.63, 3.8) is 0 Å². The Labute approximate surface area is 115 Å². The van der Waals surface area contributed by atoms with E-state index in [1.165, 1.54) is 12.0 Å². The summed E-state index contributed by atoms with van der Waals surface area (Å²) in [4.78, 5) is 0. The van der Waals surface area contributed by atoms with Gasteiger partial charge in [0.05, 0.1) is 6.61 Å². The van der Waals surface area contributed by atoms with Crippen molar-refractivity contribution in [3.8, 4) is 0 Å². The number of alkyl halides is 1. The van der Waals surface area contributed by atoms with Gasteiger partial charge in [0.1, 0.15) is 0 Å². The van der Waals surface area contributed by atoms with Crippen LogP contribution in [0.1, 0.15) is 25.3 Å². The van der Waals surface area contributed by atoms with Gasteiger partial charge in [-0.3, -0.25) is 0 Å². The molecule has 1 unspecified atom stereocenters. The van der Waals surface area contributed by atoms with Gasteiger partial charge in [0.15, 0.2) is 0 Å². The van der Waals surface area contributed by atoms with Crippen LogP contribution in [0.2, 0.25) is 0 Å². The Balaban J connectivity index is 2.19. The summed E-state index contributed by atoms with van der Waals surface area (Å²) in [5.74, 6) is 0.735. The van der Waals surface area contributed by atoms with Crippen LogP contribution in [-0.2, 0) is 11.3 Å². The van der Waals surface area contributed by atoms with E-state index in [1.807, 2.05) is 18.2 Å². The van der Waals surface area contributed by atoms with Crippen LogP contribution in [0.3, 0.4) is 0 Å². The Hall–Kier alpha value is 0.140. The summed E-state index contributed by atoms with van der Waals surface area (Å²) < 4.78 is 6.80. The van der Waals surface area contributed by atoms with Crippen LogP contribution in [0.5, 0.6) is 0 Å². The van der Waals surface area contributed by atoms with E-state index in [1.54, 1.807) is 0 Å². The number of hydrogen-bond donors (Lipinski definition) is 0. The van der Waals surface area contributed by atoms with E-state index in [0.29, 0.717) is 6.61 Å². The highest BCUT2D eigenvalue weighted by atomic mass is 79.9. The van der Waals surface area contributed by atoms with Gasteiger partial charge >= 0.3 is 0 Å². The van der Waals surface area contributed by atoms with E-state index in [-0.39, 0.29) is 0 Å². The van der Waals surface area contributed by atoms with Gasteiger partial charge in [-0.1, -0.05) is 57.0 Å². The van der Waals surface area contributed by atoms with Crippen molar-refractivity contribution in [1.29, 1.82) is 0 Å². The maximum absolute atomic E-state index is 5.67. The molecule has 0 saturated carbocycles. The van der Waals surface area contributed by atoms with Crippen LogP contribution < -0.4 is 0 Å². The molecule has 0 aliphatic heterocycles. The Morgan fingerprint density at radius 2 is 2.00 bits per heavy atom. The molecule has 0 amide bonds. The molecule has 0 saturated heterocycles. The molecule has 1 nitrogen and oxygen atoms in total. The van der Waals surface area contributed by atoms with Crippen molar-refractivity contribution >= 4 is 31.9 Å². The first-order valence-corrected chi connectivity index (χ1v) is 7.52. The lowest BCUT2D eigenvalue weighted by Crippen LogP contribution is -2.03. The first-order valence-electron chi connectivity index (χ1n) is 5.61. The van der Waals surface area contributed by atoms with Crippen LogP contribution in [0.15, 0.2) is 28.7 Å². The molecule has 0 fully saturated rings. The zero-order valence-corrected chi connectivity index (χ0v) is 12.8. The van der Waals surface area contributed by atoms with E-state index in [2.05, 4.69) is 44.8 Å². The van der Waals surface area contributed by atoms with Crippen molar-refractivity contribution in [1.82, 2.24) is 0 Å². The Kier molecular flexibility index (Phi) is 7.33. The molecule has 0 aliphatic rings. The minimum absolute atomic E-state index is 0.697. The normalized spacial score (nSPS) is 12.7. The number of halogens is 2. The molecule has 0 heterocycles. The summed E-state index contributed by atoms with van der Waals surface area (Å²) in [6, 6.07) is 8.20. The molecule has 3 heteroatoms. The number of ether oxygens (including phenoxy) is 1. The van der Waals surface area contributed by atoms with Crippen LogP contribution in [-0.4, -0.2) is 11.9 Å². The van der Waals surface area contributed by atoms with Crippen molar-refractivity contribution in [3.05, 3.63) is 34.3 Å². The van der Waals surface area contributed by atoms with E-state index in [4.69, 9.17) is 4.74 Å². The van der Waals surface area contributed by atoms with Gasteiger partial charge in [-0.2, -0.15) is 0 Å². The fourth-order valence-corrected chi connectivity index (χ4v) is 2.59. The van der Waals surface area contributed by atoms with Gasteiger partial charge in [-0.15, -0.1) is 0 Å². The second kappa shape index (κ2) is 8.26. The molecule has 1 rings (SSSR count). The van der Waals surface area contributed by atoms with E-state index in [0.717, 1.165) is 28.7 Å². The predicted molar refractivity (Wildman–Crippen MR) is 76.0 cm³/mol. The summed E-state index contributed by atoms with van der Waals surface area (Å²) in [5, 5.41) is 1.08.